The Bertz CT molecular complexity index is 1350. The molecule has 0 unspecified atom stereocenters. The number of hydrogen-bond donors (Lipinski definition) is 3. The fourth-order valence-corrected chi connectivity index (χ4v) is 3.81. The van der Waals surface area contributed by atoms with Crippen LogP contribution in [-0.4, -0.2) is 32.4 Å². The highest BCUT2D eigenvalue weighted by molar-refractivity contribution is 6.14. The van der Waals surface area contributed by atoms with Gasteiger partial charge in [-0.05, 0) is 51.3 Å². The van der Waals surface area contributed by atoms with Gasteiger partial charge >= 0.3 is 5.69 Å². The van der Waals surface area contributed by atoms with Gasteiger partial charge < -0.3 is 10.6 Å². The lowest BCUT2D eigenvalue weighted by Crippen LogP contribution is -2.33. The van der Waals surface area contributed by atoms with Crippen molar-refractivity contribution in [1.82, 2.24) is 19.9 Å². The summed E-state index contributed by atoms with van der Waals surface area (Å²) in [5.41, 5.74) is 0.477. The van der Waals surface area contributed by atoms with Gasteiger partial charge in [0.2, 0.25) is 0 Å². The molecule has 0 saturated heterocycles. The van der Waals surface area contributed by atoms with E-state index in [1.807, 2.05) is 20.8 Å². The van der Waals surface area contributed by atoms with Crippen LogP contribution in [0.1, 0.15) is 72.4 Å². The van der Waals surface area contributed by atoms with Gasteiger partial charge in [0.15, 0.2) is 5.65 Å². The van der Waals surface area contributed by atoms with Crippen molar-refractivity contribution < 1.29 is 9.59 Å². The van der Waals surface area contributed by atoms with Crippen LogP contribution in [-0.2, 0) is 6.54 Å². The number of hydrogen-bond acceptors (Lipinski definition) is 5. The van der Waals surface area contributed by atoms with Crippen LogP contribution in [0.15, 0.2) is 39.9 Å². The topological polar surface area (TPSA) is 126 Å². The third-order valence-corrected chi connectivity index (χ3v) is 5.50. The molecular weight excluding hydrogens is 422 g/mol. The highest BCUT2D eigenvalue weighted by atomic mass is 16.2. The summed E-state index contributed by atoms with van der Waals surface area (Å²) in [6.07, 6.45) is 2.55. The first kappa shape index (κ1) is 22.4. The molecule has 172 valence electrons. The fraction of sp³-hybridized carbons (Fsp3) is 0.375. The van der Waals surface area contributed by atoms with Gasteiger partial charge in [-0.1, -0.05) is 19.1 Å². The van der Waals surface area contributed by atoms with Gasteiger partial charge in [0.1, 0.15) is 0 Å². The Morgan fingerprint density at radius 2 is 1.88 bits per heavy atom. The van der Waals surface area contributed by atoms with Crippen LogP contribution < -0.4 is 21.9 Å². The molecule has 0 atom stereocenters. The lowest BCUT2D eigenvalue weighted by molar-refractivity contribution is 0.0944. The Hall–Kier alpha value is -3.75. The normalized spacial score (nSPS) is 13.3. The van der Waals surface area contributed by atoms with Crippen LogP contribution in [0.25, 0.3) is 11.0 Å². The number of aryl methyl sites for hydroxylation is 1. The summed E-state index contributed by atoms with van der Waals surface area (Å²) in [5, 5.41) is 5.67. The lowest BCUT2D eigenvalue weighted by atomic mass is 10.1. The number of carbonyl (C=O) groups excluding carboxylic acids is 2. The molecule has 1 aliphatic carbocycles. The minimum atomic E-state index is -0.659. The van der Waals surface area contributed by atoms with Crippen molar-refractivity contribution in [2.24, 2.45) is 0 Å². The van der Waals surface area contributed by atoms with Crippen molar-refractivity contribution in [3.8, 4) is 0 Å². The van der Waals surface area contributed by atoms with Crippen molar-refractivity contribution in [3.63, 3.8) is 0 Å². The Morgan fingerprint density at radius 3 is 2.55 bits per heavy atom. The van der Waals surface area contributed by atoms with Crippen LogP contribution in [0.3, 0.4) is 0 Å². The van der Waals surface area contributed by atoms with E-state index in [0.29, 0.717) is 29.9 Å². The molecule has 2 heterocycles. The highest BCUT2D eigenvalue weighted by Crippen LogP contribution is 2.40. The van der Waals surface area contributed by atoms with E-state index in [9.17, 15) is 19.2 Å². The van der Waals surface area contributed by atoms with Crippen LogP contribution in [0.5, 0.6) is 0 Å². The summed E-state index contributed by atoms with van der Waals surface area (Å²) in [7, 11) is 0. The molecule has 1 aliphatic rings. The molecule has 3 N–H and O–H groups in total. The first-order chi connectivity index (χ1) is 15.8. The molecule has 1 aromatic carbocycles. The number of H-pyrrole nitrogens is 1. The van der Waals surface area contributed by atoms with E-state index >= 15 is 0 Å². The van der Waals surface area contributed by atoms with Crippen molar-refractivity contribution in [2.75, 3.05) is 5.32 Å². The molecule has 2 aromatic heterocycles. The van der Waals surface area contributed by atoms with Gasteiger partial charge in [0, 0.05) is 24.2 Å². The Morgan fingerprint density at radius 1 is 1.15 bits per heavy atom. The average molecular weight is 450 g/mol. The van der Waals surface area contributed by atoms with Gasteiger partial charge in [0.05, 0.1) is 22.2 Å². The molecule has 4 rings (SSSR count). The van der Waals surface area contributed by atoms with Gasteiger partial charge in [-0.3, -0.25) is 23.9 Å². The predicted molar refractivity (Wildman–Crippen MR) is 126 cm³/mol. The molecule has 33 heavy (non-hydrogen) atoms. The quantitative estimate of drug-likeness (QED) is 0.511. The van der Waals surface area contributed by atoms with E-state index in [1.165, 1.54) is 4.57 Å². The van der Waals surface area contributed by atoms with Gasteiger partial charge in [0.25, 0.3) is 17.4 Å². The molecule has 3 aromatic rings. The number of anilines is 1. The molecule has 0 aliphatic heterocycles. The number of aromatic nitrogens is 3. The Kier molecular flexibility index (Phi) is 6.13. The highest BCUT2D eigenvalue weighted by Gasteiger charge is 2.29. The molecule has 1 fully saturated rings. The SMILES string of the molecule is CCCn1c(=O)[nH]c(=O)c2c(C(=O)Nc3ccccc3C(=O)NC(C)C)cc(C3CC3)nc21. The fourth-order valence-electron chi connectivity index (χ4n) is 3.81. The van der Waals surface area contributed by atoms with Crippen molar-refractivity contribution in [1.29, 1.82) is 0 Å². The Balaban J connectivity index is 1.83. The number of benzene rings is 1. The van der Waals surface area contributed by atoms with Gasteiger partial charge in [-0.15, -0.1) is 0 Å². The summed E-state index contributed by atoms with van der Waals surface area (Å²) in [6.45, 7) is 5.99. The summed E-state index contributed by atoms with van der Waals surface area (Å²) >= 11 is 0. The average Bonchev–Trinajstić information content (AvgIpc) is 3.61. The maximum atomic E-state index is 13.4. The van der Waals surface area contributed by atoms with Crippen LogP contribution >= 0.6 is 0 Å². The summed E-state index contributed by atoms with van der Waals surface area (Å²) in [5.74, 6) is -0.649. The second-order valence-corrected chi connectivity index (χ2v) is 8.61. The summed E-state index contributed by atoms with van der Waals surface area (Å²) in [6, 6.07) is 8.25. The lowest BCUT2D eigenvalue weighted by Gasteiger charge is -2.15. The molecule has 1 saturated carbocycles. The van der Waals surface area contributed by atoms with E-state index in [-0.39, 0.29) is 34.5 Å². The predicted octanol–water partition coefficient (Wildman–Crippen LogP) is 2.76. The second-order valence-electron chi connectivity index (χ2n) is 8.61. The van der Waals surface area contributed by atoms with Crippen LogP contribution in [0.4, 0.5) is 5.69 Å². The van der Waals surface area contributed by atoms with E-state index in [4.69, 9.17) is 0 Å². The van der Waals surface area contributed by atoms with Gasteiger partial charge in [-0.25, -0.2) is 9.78 Å². The van der Waals surface area contributed by atoms with Crippen LogP contribution in [0.2, 0.25) is 0 Å². The first-order valence-electron chi connectivity index (χ1n) is 11.2. The standard InChI is InChI=1S/C24H27N5O4/c1-4-11-29-20-19(23(32)28-24(29)33)16(12-18(26-20)14-9-10-14)22(31)27-17-8-6-5-7-15(17)21(30)25-13(2)3/h5-8,12-14H,4,9-11H2,1-3H3,(H,25,30)(H,27,31)(H,28,32,33). The number of fused-ring (bicyclic) bond motifs is 1. The number of carbonyl (C=O) groups is 2. The summed E-state index contributed by atoms with van der Waals surface area (Å²) in [4.78, 5) is 58.1. The number of pyridine rings is 1. The number of nitrogens with zero attached hydrogens (tertiary/aromatic N) is 2. The zero-order valence-corrected chi connectivity index (χ0v) is 18.9. The summed E-state index contributed by atoms with van der Waals surface area (Å²) < 4.78 is 1.41. The van der Waals surface area contributed by atoms with E-state index in [0.717, 1.165) is 12.8 Å². The maximum absolute atomic E-state index is 13.4. The van der Waals surface area contributed by atoms with E-state index < -0.39 is 17.2 Å². The zero-order chi connectivity index (χ0) is 23.7. The third kappa shape index (κ3) is 4.57. The van der Waals surface area contributed by atoms with E-state index in [2.05, 4.69) is 20.6 Å². The molecule has 0 bridgehead atoms. The van der Waals surface area contributed by atoms with Crippen molar-refractivity contribution in [3.05, 3.63) is 68.0 Å². The molecule has 2 amide bonds. The molecule has 9 heteroatoms. The number of aromatic amines is 1. The van der Waals surface area contributed by atoms with E-state index in [1.54, 1.807) is 30.3 Å². The van der Waals surface area contributed by atoms with Crippen molar-refractivity contribution in [2.45, 2.75) is 58.5 Å². The molecule has 0 spiro atoms. The minimum absolute atomic E-state index is 0.0639. The maximum Gasteiger partial charge on any atom is 0.329 e. The number of amides is 2. The van der Waals surface area contributed by atoms with Crippen LogP contribution in [0, 0.1) is 0 Å². The zero-order valence-electron chi connectivity index (χ0n) is 18.9. The van der Waals surface area contributed by atoms with Gasteiger partial charge in [-0.2, -0.15) is 0 Å². The molecule has 0 radical (unpaired) electrons. The molecule has 9 nitrogen and oxygen atoms in total. The smallest absolute Gasteiger partial charge is 0.329 e. The number of rotatable bonds is 7. The largest absolute Gasteiger partial charge is 0.350 e. The first-order valence-corrected chi connectivity index (χ1v) is 11.2. The molecular formula is C24H27N5O4. The minimum Gasteiger partial charge on any atom is -0.350 e. The number of para-hydroxylation sites is 1. The second kappa shape index (κ2) is 9.01. The third-order valence-electron chi connectivity index (χ3n) is 5.50. The monoisotopic (exact) mass is 449 g/mol. The van der Waals surface area contributed by atoms with Crippen molar-refractivity contribution >= 4 is 28.5 Å². The number of nitrogens with one attached hydrogen (secondary N) is 3. The Labute approximate surface area is 190 Å².